The first-order chi connectivity index (χ1) is 13.0. The SMILES string of the molecule is C[N+]1(C[C@@H](O)COc2ccc(C34CC5CC(CC(C5)C3)C4)cc2)CCCC1. The Balaban J connectivity index is 1.20. The second-order valence-electron chi connectivity index (χ2n) is 10.6. The summed E-state index contributed by atoms with van der Waals surface area (Å²) in [4.78, 5) is 0. The van der Waals surface area contributed by atoms with Gasteiger partial charge >= 0.3 is 0 Å². The standard InChI is InChI=1S/C24H36NO2/c1-25(8-2-3-9-25)16-22(26)17-27-23-6-4-21(5-7-23)24-13-18-10-19(14-24)12-20(11-18)15-24/h4-7,18-20,22,26H,2-3,8-17H2,1H3/q+1/t18?,19?,20?,22-,24?/m1/s1. The van der Waals surface area contributed by atoms with Gasteiger partial charge in [-0.1, -0.05) is 12.1 Å². The molecule has 0 aromatic heterocycles. The Morgan fingerprint density at radius 1 is 1.00 bits per heavy atom. The van der Waals surface area contributed by atoms with E-state index in [0.717, 1.165) is 34.5 Å². The van der Waals surface area contributed by atoms with Crippen LogP contribution in [0, 0.1) is 17.8 Å². The lowest BCUT2D eigenvalue weighted by Gasteiger charge is -2.57. The molecule has 3 heteroatoms. The first kappa shape index (κ1) is 18.0. The van der Waals surface area contributed by atoms with Crippen LogP contribution in [0.1, 0.15) is 56.9 Å². The number of likely N-dealkylation sites (tertiary alicyclic amines) is 1. The first-order valence-electron chi connectivity index (χ1n) is 11.3. The van der Waals surface area contributed by atoms with E-state index >= 15 is 0 Å². The third-order valence-corrected chi connectivity index (χ3v) is 8.24. The zero-order valence-electron chi connectivity index (χ0n) is 16.9. The van der Waals surface area contributed by atoms with Crippen molar-refractivity contribution in [1.29, 1.82) is 0 Å². The molecule has 1 aliphatic heterocycles. The van der Waals surface area contributed by atoms with Gasteiger partial charge in [-0.15, -0.1) is 0 Å². The highest BCUT2D eigenvalue weighted by Gasteiger charge is 2.51. The Bertz CT molecular complexity index is 626. The average molecular weight is 371 g/mol. The van der Waals surface area contributed by atoms with Crippen LogP contribution in [-0.2, 0) is 5.41 Å². The van der Waals surface area contributed by atoms with Crippen LogP contribution in [0.25, 0.3) is 0 Å². The summed E-state index contributed by atoms with van der Waals surface area (Å²) in [6.45, 7) is 3.60. The van der Waals surface area contributed by atoms with Crippen LogP contribution in [0.4, 0.5) is 0 Å². The Morgan fingerprint density at radius 3 is 2.11 bits per heavy atom. The summed E-state index contributed by atoms with van der Waals surface area (Å²) in [5.41, 5.74) is 2.01. The molecule has 1 atom stereocenters. The van der Waals surface area contributed by atoms with E-state index in [-0.39, 0.29) is 6.10 Å². The monoisotopic (exact) mass is 370 g/mol. The van der Waals surface area contributed by atoms with Crippen molar-refractivity contribution in [2.24, 2.45) is 17.8 Å². The van der Waals surface area contributed by atoms with Crippen molar-refractivity contribution in [1.82, 2.24) is 0 Å². The molecule has 1 aromatic carbocycles. The van der Waals surface area contributed by atoms with Crippen LogP contribution >= 0.6 is 0 Å². The summed E-state index contributed by atoms with van der Waals surface area (Å²) in [6.07, 6.45) is 10.9. The number of rotatable bonds is 6. The number of likely N-dealkylation sites (N-methyl/N-ethyl adjacent to an activating group) is 1. The van der Waals surface area contributed by atoms with Gasteiger partial charge in [0.2, 0.25) is 0 Å². The Morgan fingerprint density at radius 2 is 1.56 bits per heavy atom. The minimum absolute atomic E-state index is 0.379. The van der Waals surface area contributed by atoms with Crippen molar-refractivity contribution in [2.75, 3.05) is 33.3 Å². The summed E-state index contributed by atoms with van der Waals surface area (Å²) < 4.78 is 6.93. The molecular formula is C24H36NO2+. The first-order valence-corrected chi connectivity index (χ1v) is 11.3. The molecular weight excluding hydrogens is 334 g/mol. The number of nitrogens with zero attached hydrogens (tertiary/aromatic N) is 1. The highest BCUT2D eigenvalue weighted by atomic mass is 16.5. The van der Waals surface area contributed by atoms with Gasteiger partial charge in [-0.2, -0.15) is 0 Å². The van der Waals surface area contributed by atoms with Gasteiger partial charge in [0.1, 0.15) is 25.0 Å². The van der Waals surface area contributed by atoms with Crippen LogP contribution in [0.3, 0.4) is 0 Å². The molecule has 4 bridgehead atoms. The number of aliphatic hydroxyl groups excluding tert-OH is 1. The maximum absolute atomic E-state index is 10.4. The third-order valence-electron chi connectivity index (χ3n) is 8.24. The van der Waals surface area contributed by atoms with Gasteiger partial charge in [-0.25, -0.2) is 0 Å². The van der Waals surface area contributed by atoms with E-state index in [2.05, 4.69) is 31.3 Å². The second-order valence-corrected chi connectivity index (χ2v) is 10.6. The molecule has 1 N–H and O–H groups in total. The lowest BCUT2D eigenvalue weighted by atomic mass is 9.48. The van der Waals surface area contributed by atoms with Gasteiger partial charge in [0, 0.05) is 12.8 Å². The number of aliphatic hydroxyl groups is 1. The predicted molar refractivity (Wildman–Crippen MR) is 108 cm³/mol. The van der Waals surface area contributed by atoms with Crippen molar-refractivity contribution >= 4 is 0 Å². The molecule has 27 heavy (non-hydrogen) atoms. The lowest BCUT2D eigenvalue weighted by molar-refractivity contribution is -0.900. The van der Waals surface area contributed by atoms with E-state index in [1.54, 1.807) is 5.56 Å². The van der Waals surface area contributed by atoms with Crippen LogP contribution < -0.4 is 4.74 Å². The molecule has 6 rings (SSSR count). The van der Waals surface area contributed by atoms with Gasteiger partial charge in [0.15, 0.2) is 0 Å². The topological polar surface area (TPSA) is 29.5 Å². The van der Waals surface area contributed by atoms with Gasteiger partial charge in [-0.3, -0.25) is 0 Å². The molecule has 4 aliphatic carbocycles. The minimum atomic E-state index is -0.379. The summed E-state index contributed by atoms with van der Waals surface area (Å²) in [5, 5.41) is 10.4. The van der Waals surface area contributed by atoms with Crippen LogP contribution in [0.15, 0.2) is 24.3 Å². The summed E-state index contributed by atoms with van der Waals surface area (Å²) >= 11 is 0. The van der Waals surface area contributed by atoms with Gasteiger partial charge in [-0.05, 0) is 79.4 Å². The number of benzene rings is 1. The highest BCUT2D eigenvalue weighted by molar-refractivity contribution is 5.34. The summed E-state index contributed by atoms with van der Waals surface area (Å²) in [7, 11) is 2.26. The van der Waals surface area contributed by atoms with E-state index in [1.807, 2.05) is 0 Å². The van der Waals surface area contributed by atoms with Crippen molar-refractivity contribution in [2.45, 2.75) is 62.9 Å². The largest absolute Gasteiger partial charge is 0.491 e. The maximum Gasteiger partial charge on any atom is 0.137 e. The van der Waals surface area contributed by atoms with Gasteiger partial charge < -0.3 is 14.3 Å². The molecule has 1 aromatic rings. The normalized spacial score (nSPS) is 37.5. The zero-order valence-corrected chi connectivity index (χ0v) is 16.9. The predicted octanol–water partition coefficient (Wildman–Crippen LogP) is 4.13. The average Bonchev–Trinajstić information content (AvgIpc) is 3.05. The Kier molecular flexibility index (Phi) is 4.52. The molecule has 4 saturated carbocycles. The fourth-order valence-corrected chi connectivity index (χ4v) is 7.40. The summed E-state index contributed by atoms with van der Waals surface area (Å²) in [5.74, 6) is 3.86. The molecule has 3 nitrogen and oxygen atoms in total. The molecule has 0 radical (unpaired) electrons. The Hall–Kier alpha value is -1.06. The third kappa shape index (κ3) is 3.53. The van der Waals surface area contributed by atoms with Gasteiger partial charge in [0.25, 0.3) is 0 Å². The van der Waals surface area contributed by atoms with Crippen LogP contribution in [-0.4, -0.2) is 49.0 Å². The van der Waals surface area contributed by atoms with Crippen LogP contribution in [0.2, 0.25) is 0 Å². The Labute approximate surface area is 164 Å². The fraction of sp³-hybridized carbons (Fsp3) is 0.750. The second kappa shape index (κ2) is 6.77. The van der Waals surface area contributed by atoms with Crippen molar-refractivity contribution < 1.29 is 14.3 Å². The molecule has 5 fully saturated rings. The molecule has 148 valence electrons. The fourth-order valence-electron chi connectivity index (χ4n) is 7.40. The number of ether oxygens (including phenoxy) is 1. The number of hydrogen-bond acceptors (Lipinski definition) is 2. The maximum atomic E-state index is 10.4. The minimum Gasteiger partial charge on any atom is -0.491 e. The van der Waals surface area contributed by atoms with Crippen molar-refractivity contribution in [3.8, 4) is 5.75 Å². The molecule has 0 unspecified atom stereocenters. The van der Waals surface area contributed by atoms with E-state index in [1.165, 1.54) is 64.5 Å². The molecule has 0 amide bonds. The van der Waals surface area contributed by atoms with Crippen molar-refractivity contribution in [3.05, 3.63) is 29.8 Å². The van der Waals surface area contributed by atoms with E-state index < -0.39 is 0 Å². The smallest absolute Gasteiger partial charge is 0.137 e. The number of hydrogen-bond donors (Lipinski definition) is 1. The van der Waals surface area contributed by atoms with Crippen molar-refractivity contribution in [3.63, 3.8) is 0 Å². The quantitative estimate of drug-likeness (QED) is 0.763. The van der Waals surface area contributed by atoms with E-state index in [4.69, 9.17) is 4.74 Å². The lowest BCUT2D eigenvalue weighted by Crippen LogP contribution is -2.48. The molecule has 5 aliphatic rings. The molecule has 1 saturated heterocycles. The molecule has 1 heterocycles. The number of quaternary nitrogens is 1. The molecule has 0 spiro atoms. The van der Waals surface area contributed by atoms with Gasteiger partial charge in [0.05, 0.1) is 20.1 Å². The van der Waals surface area contributed by atoms with E-state index in [9.17, 15) is 5.11 Å². The van der Waals surface area contributed by atoms with Crippen LogP contribution in [0.5, 0.6) is 5.75 Å². The zero-order chi connectivity index (χ0) is 18.5. The summed E-state index contributed by atoms with van der Waals surface area (Å²) in [6, 6.07) is 8.94. The van der Waals surface area contributed by atoms with E-state index in [0.29, 0.717) is 12.0 Å². The highest BCUT2D eigenvalue weighted by Crippen LogP contribution is 2.60.